The molecule has 0 saturated carbocycles. The van der Waals surface area contributed by atoms with Crippen molar-refractivity contribution in [3.8, 4) is 0 Å². The van der Waals surface area contributed by atoms with Gasteiger partial charge >= 0.3 is 0 Å². The average Bonchev–Trinajstić information content (AvgIpc) is 2.20. The first-order valence-electron chi connectivity index (χ1n) is 4.52. The van der Waals surface area contributed by atoms with E-state index in [2.05, 4.69) is 16.9 Å². The number of nitrogens with one attached hydrogen (secondary N) is 1. The molecule has 0 aliphatic rings. The molecule has 0 aromatic carbocycles. The summed E-state index contributed by atoms with van der Waals surface area (Å²) in [5, 5.41) is 2.86. The Hall–Kier alpha value is -0.340. The van der Waals surface area contributed by atoms with Crippen LogP contribution in [0.15, 0.2) is 17.6 Å². The molecule has 0 saturated heterocycles. The van der Waals surface area contributed by atoms with Crippen LogP contribution in [-0.2, 0) is 9.47 Å². The minimum Gasteiger partial charge on any atom is -0.382 e. The second-order valence-corrected chi connectivity index (χ2v) is 2.54. The van der Waals surface area contributed by atoms with Gasteiger partial charge in [0, 0.05) is 13.7 Å². The third kappa shape index (κ3) is 13.7. The second-order valence-electron chi connectivity index (χ2n) is 2.54. The molecule has 0 aliphatic carbocycles. The van der Waals surface area contributed by atoms with Gasteiger partial charge in [-0.3, -0.25) is 4.99 Å². The number of nitrogens with two attached hydrogens (primary N) is 1. The monoisotopic (exact) mass is 329 g/mol. The number of halogens is 1. The van der Waals surface area contributed by atoms with Crippen LogP contribution in [-0.4, -0.2) is 46.0 Å². The molecule has 0 aromatic rings. The van der Waals surface area contributed by atoms with Crippen LogP contribution in [0, 0.1) is 0 Å². The van der Waals surface area contributed by atoms with Crippen molar-refractivity contribution in [1.29, 1.82) is 0 Å². The van der Waals surface area contributed by atoms with E-state index in [1.807, 2.05) is 0 Å². The number of guanidine groups is 1. The molecule has 0 unspecified atom stereocenters. The Morgan fingerprint density at radius 1 is 1.47 bits per heavy atom. The third-order valence-corrected chi connectivity index (χ3v) is 1.38. The van der Waals surface area contributed by atoms with Gasteiger partial charge in [0.15, 0.2) is 5.96 Å². The van der Waals surface area contributed by atoms with Gasteiger partial charge in [0.25, 0.3) is 0 Å². The predicted molar refractivity (Wildman–Crippen MR) is 72.8 cm³/mol. The topological polar surface area (TPSA) is 68.9 Å². The van der Waals surface area contributed by atoms with Gasteiger partial charge in [-0.1, -0.05) is 6.08 Å². The largest absolute Gasteiger partial charge is 0.382 e. The highest BCUT2D eigenvalue weighted by molar-refractivity contribution is 14.0. The van der Waals surface area contributed by atoms with Crippen molar-refractivity contribution in [2.75, 3.05) is 40.0 Å². The lowest BCUT2D eigenvalue weighted by molar-refractivity contribution is 0.0748. The fraction of sp³-hybridized carbons (Fsp3) is 0.667. The van der Waals surface area contributed by atoms with E-state index in [4.69, 9.17) is 15.2 Å². The van der Waals surface area contributed by atoms with Gasteiger partial charge in [0.2, 0.25) is 0 Å². The fourth-order valence-corrected chi connectivity index (χ4v) is 0.708. The SMILES string of the molecule is C=CCNC(N)=NCCOCCOC.I. The Morgan fingerprint density at radius 3 is 2.80 bits per heavy atom. The number of rotatable bonds is 8. The minimum atomic E-state index is 0. The molecule has 15 heavy (non-hydrogen) atoms. The summed E-state index contributed by atoms with van der Waals surface area (Å²) in [6.45, 7) is 6.48. The van der Waals surface area contributed by atoms with E-state index < -0.39 is 0 Å². The molecule has 0 heterocycles. The summed E-state index contributed by atoms with van der Waals surface area (Å²) in [7, 11) is 1.64. The smallest absolute Gasteiger partial charge is 0.188 e. The van der Waals surface area contributed by atoms with Gasteiger partial charge in [-0.2, -0.15) is 0 Å². The molecule has 0 fully saturated rings. The quantitative estimate of drug-likeness (QED) is 0.222. The zero-order valence-corrected chi connectivity index (χ0v) is 11.4. The summed E-state index contributed by atoms with van der Waals surface area (Å²) in [5.41, 5.74) is 5.51. The highest BCUT2D eigenvalue weighted by atomic mass is 127. The summed E-state index contributed by atoms with van der Waals surface area (Å²) < 4.78 is 10.0. The van der Waals surface area contributed by atoms with Crippen LogP contribution in [0.2, 0.25) is 0 Å². The summed E-state index contributed by atoms with van der Waals surface area (Å²) >= 11 is 0. The predicted octanol–water partition coefficient (Wildman–Crippen LogP) is 0.358. The summed E-state index contributed by atoms with van der Waals surface area (Å²) in [5.74, 6) is 0.417. The molecule has 0 aliphatic heterocycles. The first-order chi connectivity index (χ1) is 6.81. The Labute approximate surface area is 108 Å². The zero-order valence-electron chi connectivity index (χ0n) is 9.07. The van der Waals surface area contributed by atoms with Gasteiger partial charge in [-0.15, -0.1) is 30.6 Å². The maximum absolute atomic E-state index is 5.51. The van der Waals surface area contributed by atoms with Gasteiger partial charge in [0.1, 0.15) is 0 Å². The summed E-state index contributed by atoms with van der Waals surface area (Å²) in [6.07, 6.45) is 1.72. The number of nitrogens with zero attached hydrogens (tertiary/aromatic N) is 1. The number of methoxy groups -OCH3 is 1. The minimum absolute atomic E-state index is 0. The molecular weight excluding hydrogens is 309 g/mol. The molecule has 3 N–H and O–H groups in total. The van der Waals surface area contributed by atoms with Crippen molar-refractivity contribution in [3.05, 3.63) is 12.7 Å². The van der Waals surface area contributed by atoms with E-state index in [9.17, 15) is 0 Å². The van der Waals surface area contributed by atoms with E-state index in [0.717, 1.165) is 0 Å². The normalized spacial score (nSPS) is 10.6. The molecule has 6 heteroatoms. The maximum Gasteiger partial charge on any atom is 0.188 e. The number of ether oxygens (including phenoxy) is 2. The standard InChI is InChI=1S/C9H19N3O2.HI/c1-3-4-11-9(10)12-5-6-14-8-7-13-2;/h3H,1,4-8H2,2H3,(H3,10,11,12);1H. The molecular formula is C9H20IN3O2. The van der Waals surface area contributed by atoms with Gasteiger partial charge in [-0.05, 0) is 0 Å². The van der Waals surface area contributed by atoms with Crippen LogP contribution in [0.5, 0.6) is 0 Å². The van der Waals surface area contributed by atoms with Crippen LogP contribution in [0.4, 0.5) is 0 Å². The highest BCUT2D eigenvalue weighted by Gasteiger charge is 1.89. The number of hydrogen-bond acceptors (Lipinski definition) is 3. The molecule has 0 aromatic heterocycles. The van der Waals surface area contributed by atoms with Gasteiger partial charge < -0.3 is 20.5 Å². The van der Waals surface area contributed by atoms with Crippen molar-refractivity contribution >= 4 is 29.9 Å². The van der Waals surface area contributed by atoms with E-state index in [-0.39, 0.29) is 24.0 Å². The second kappa shape index (κ2) is 13.7. The zero-order chi connectivity index (χ0) is 10.6. The van der Waals surface area contributed by atoms with E-state index in [0.29, 0.717) is 38.9 Å². The molecule has 0 spiro atoms. The van der Waals surface area contributed by atoms with Crippen LogP contribution in [0.25, 0.3) is 0 Å². The van der Waals surface area contributed by atoms with Crippen LogP contribution >= 0.6 is 24.0 Å². The molecule has 0 bridgehead atoms. The van der Waals surface area contributed by atoms with Crippen LogP contribution in [0.1, 0.15) is 0 Å². The van der Waals surface area contributed by atoms with Crippen LogP contribution in [0.3, 0.4) is 0 Å². The molecule has 0 atom stereocenters. The average molecular weight is 329 g/mol. The molecule has 5 nitrogen and oxygen atoms in total. The van der Waals surface area contributed by atoms with Gasteiger partial charge in [-0.25, -0.2) is 0 Å². The lowest BCUT2D eigenvalue weighted by Crippen LogP contribution is -2.32. The van der Waals surface area contributed by atoms with Crippen molar-refractivity contribution in [2.45, 2.75) is 0 Å². The van der Waals surface area contributed by atoms with E-state index >= 15 is 0 Å². The lowest BCUT2D eigenvalue weighted by Gasteiger charge is -2.03. The lowest BCUT2D eigenvalue weighted by atomic mass is 10.6. The van der Waals surface area contributed by atoms with E-state index in [1.165, 1.54) is 0 Å². The van der Waals surface area contributed by atoms with Crippen molar-refractivity contribution in [1.82, 2.24) is 5.32 Å². The third-order valence-electron chi connectivity index (χ3n) is 1.38. The van der Waals surface area contributed by atoms with Crippen molar-refractivity contribution in [3.63, 3.8) is 0 Å². The Morgan fingerprint density at radius 2 is 2.20 bits per heavy atom. The van der Waals surface area contributed by atoms with Crippen molar-refractivity contribution < 1.29 is 9.47 Å². The first kappa shape index (κ1) is 17.1. The van der Waals surface area contributed by atoms with E-state index in [1.54, 1.807) is 13.2 Å². The Kier molecular flexibility index (Phi) is 15.5. The first-order valence-corrected chi connectivity index (χ1v) is 4.52. The maximum atomic E-state index is 5.51. The number of hydrogen-bond donors (Lipinski definition) is 2. The highest BCUT2D eigenvalue weighted by Crippen LogP contribution is 1.77. The molecule has 0 radical (unpaired) electrons. The number of aliphatic imine (C=N–C) groups is 1. The van der Waals surface area contributed by atoms with Crippen molar-refractivity contribution in [2.24, 2.45) is 10.7 Å². The Balaban J connectivity index is 0. The van der Waals surface area contributed by atoms with Gasteiger partial charge in [0.05, 0.1) is 26.4 Å². The summed E-state index contributed by atoms with van der Waals surface area (Å²) in [6, 6.07) is 0. The fourth-order valence-electron chi connectivity index (χ4n) is 0.708. The Bertz CT molecular complexity index is 177. The van der Waals surface area contributed by atoms with Crippen LogP contribution < -0.4 is 11.1 Å². The molecule has 90 valence electrons. The summed E-state index contributed by atoms with van der Waals surface area (Å²) in [4.78, 5) is 4.03. The molecule has 0 rings (SSSR count). The molecule has 0 amide bonds.